The lowest BCUT2D eigenvalue weighted by Gasteiger charge is -2.26. The van der Waals surface area contributed by atoms with Gasteiger partial charge in [0.15, 0.2) is 0 Å². The zero-order chi connectivity index (χ0) is 21.3. The van der Waals surface area contributed by atoms with Crippen molar-refractivity contribution in [2.24, 2.45) is 0 Å². The van der Waals surface area contributed by atoms with Gasteiger partial charge in [-0.25, -0.2) is 0 Å². The third-order valence-electron chi connectivity index (χ3n) is 4.97. The van der Waals surface area contributed by atoms with E-state index in [1.54, 1.807) is 54.6 Å². The fraction of sp³-hybridized carbons (Fsp3) is 0.0870. The van der Waals surface area contributed by atoms with Crippen LogP contribution in [0.4, 0.5) is 5.69 Å². The number of aliphatic hydroxyl groups excluding tert-OH is 1. The lowest BCUT2D eigenvalue weighted by Crippen LogP contribution is -2.29. The summed E-state index contributed by atoms with van der Waals surface area (Å²) in [5, 5.41) is 21.3. The Morgan fingerprint density at radius 3 is 2.30 bits per heavy atom. The summed E-state index contributed by atoms with van der Waals surface area (Å²) in [6.45, 7) is 0. The van der Waals surface area contributed by atoms with Crippen molar-refractivity contribution in [3.05, 3.63) is 89.8 Å². The van der Waals surface area contributed by atoms with Crippen LogP contribution in [-0.4, -0.2) is 34.0 Å². The Morgan fingerprint density at radius 2 is 1.67 bits per heavy atom. The molecule has 30 heavy (non-hydrogen) atoms. The Balaban J connectivity index is 1.95. The van der Waals surface area contributed by atoms with Crippen molar-refractivity contribution in [3.63, 3.8) is 0 Å². The number of methoxy groups -OCH3 is 1. The van der Waals surface area contributed by atoms with Crippen LogP contribution in [0.2, 0.25) is 0 Å². The Labute approximate surface area is 172 Å². The van der Waals surface area contributed by atoms with E-state index < -0.39 is 17.7 Å². The van der Waals surface area contributed by atoms with E-state index in [1.165, 1.54) is 30.5 Å². The van der Waals surface area contributed by atoms with Crippen LogP contribution >= 0.6 is 0 Å². The summed E-state index contributed by atoms with van der Waals surface area (Å²) in [7, 11) is 1.53. The van der Waals surface area contributed by atoms with Gasteiger partial charge in [-0.3, -0.25) is 19.5 Å². The molecule has 0 aliphatic carbocycles. The molecule has 3 aromatic rings. The van der Waals surface area contributed by atoms with Crippen molar-refractivity contribution < 1.29 is 24.5 Å². The summed E-state index contributed by atoms with van der Waals surface area (Å²) in [4.78, 5) is 31.1. The van der Waals surface area contributed by atoms with Gasteiger partial charge in [0.05, 0.1) is 24.4 Å². The van der Waals surface area contributed by atoms with Crippen molar-refractivity contribution in [3.8, 4) is 11.5 Å². The molecule has 2 aromatic carbocycles. The normalized spacial score (nSPS) is 17.9. The minimum Gasteiger partial charge on any atom is -0.507 e. The molecule has 7 heteroatoms. The van der Waals surface area contributed by atoms with E-state index in [9.17, 15) is 19.8 Å². The minimum atomic E-state index is -0.933. The maximum atomic E-state index is 13.0. The van der Waals surface area contributed by atoms with Crippen molar-refractivity contribution in [1.29, 1.82) is 0 Å². The van der Waals surface area contributed by atoms with Crippen LogP contribution in [0.15, 0.2) is 78.6 Å². The second-order valence-electron chi connectivity index (χ2n) is 6.67. The first-order valence-electron chi connectivity index (χ1n) is 9.16. The highest BCUT2D eigenvalue weighted by Crippen LogP contribution is 2.44. The molecule has 1 aliphatic rings. The van der Waals surface area contributed by atoms with E-state index in [1.807, 2.05) is 0 Å². The summed E-state index contributed by atoms with van der Waals surface area (Å²) in [6.07, 6.45) is 2.97. The van der Waals surface area contributed by atoms with Gasteiger partial charge in [0.1, 0.15) is 17.3 Å². The van der Waals surface area contributed by atoms with Gasteiger partial charge in [-0.2, -0.15) is 0 Å². The van der Waals surface area contributed by atoms with Gasteiger partial charge in [-0.05, 0) is 42.0 Å². The predicted molar refractivity (Wildman–Crippen MR) is 110 cm³/mol. The Hall–Kier alpha value is -4.13. The van der Waals surface area contributed by atoms with Gasteiger partial charge < -0.3 is 14.9 Å². The number of anilines is 1. The van der Waals surface area contributed by atoms with Gasteiger partial charge in [-0.15, -0.1) is 0 Å². The van der Waals surface area contributed by atoms with Crippen LogP contribution < -0.4 is 9.64 Å². The molecule has 150 valence electrons. The number of ketones is 1. The topological polar surface area (TPSA) is 100.0 Å². The van der Waals surface area contributed by atoms with Crippen molar-refractivity contribution in [2.45, 2.75) is 6.04 Å². The van der Waals surface area contributed by atoms with E-state index in [2.05, 4.69) is 4.98 Å². The van der Waals surface area contributed by atoms with Crippen molar-refractivity contribution in [1.82, 2.24) is 4.98 Å². The number of hydrogen-bond acceptors (Lipinski definition) is 6. The van der Waals surface area contributed by atoms with E-state index in [0.717, 1.165) is 0 Å². The van der Waals surface area contributed by atoms with E-state index in [-0.39, 0.29) is 22.8 Å². The molecule has 1 saturated heterocycles. The maximum absolute atomic E-state index is 13.0. The third-order valence-corrected chi connectivity index (χ3v) is 4.97. The highest BCUT2D eigenvalue weighted by Gasteiger charge is 2.47. The zero-order valence-corrected chi connectivity index (χ0v) is 16.0. The number of carbonyl (C=O) groups excluding carboxylic acids is 2. The lowest BCUT2D eigenvalue weighted by atomic mass is 9.95. The second kappa shape index (κ2) is 7.71. The average Bonchev–Trinajstić information content (AvgIpc) is 3.05. The highest BCUT2D eigenvalue weighted by atomic mass is 16.5. The number of pyridine rings is 1. The highest BCUT2D eigenvalue weighted by molar-refractivity contribution is 6.51. The van der Waals surface area contributed by atoms with Crippen molar-refractivity contribution >= 4 is 23.1 Å². The van der Waals surface area contributed by atoms with Gasteiger partial charge >= 0.3 is 0 Å². The summed E-state index contributed by atoms with van der Waals surface area (Å²) in [5.74, 6) is -1.54. The maximum Gasteiger partial charge on any atom is 0.300 e. The summed E-state index contributed by atoms with van der Waals surface area (Å²) < 4.78 is 5.19. The quantitative estimate of drug-likeness (QED) is 0.394. The molecular weight excluding hydrogens is 384 g/mol. The number of Topliss-reactive ketones (excluding diaryl/α,β-unsaturated/α-hetero) is 1. The van der Waals surface area contributed by atoms with Gasteiger partial charge in [0.2, 0.25) is 0 Å². The molecule has 0 spiro atoms. The molecule has 0 bridgehead atoms. The summed E-state index contributed by atoms with van der Waals surface area (Å²) in [5.41, 5.74) is 1.04. The number of aliphatic hydroxyl groups is 1. The van der Waals surface area contributed by atoms with E-state index in [4.69, 9.17) is 4.74 Å². The van der Waals surface area contributed by atoms with E-state index in [0.29, 0.717) is 16.9 Å². The van der Waals surface area contributed by atoms with Crippen LogP contribution in [-0.2, 0) is 9.59 Å². The molecule has 1 amide bonds. The molecule has 1 aliphatic heterocycles. The number of ether oxygens (including phenoxy) is 1. The zero-order valence-electron chi connectivity index (χ0n) is 16.0. The Morgan fingerprint density at radius 1 is 1.00 bits per heavy atom. The first kappa shape index (κ1) is 19.2. The molecule has 4 rings (SSSR count). The van der Waals surface area contributed by atoms with Crippen LogP contribution in [0.25, 0.3) is 5.76 Å². The van der Waals surface area contributed by atoms with Crippen LogP contribution in [0, 0.1) is 0 Å². The van der Waals surface area contributed by atoms with Crippen LogP contribution in [0.1, 0.15) is 17.2 Å². The minimum absolute atomic E-state index is 0.0698. The SMILES string of the molecule is COc1ccc(C2/C(=C(\O)c3ccncc3)C(=O)C(=O)N2c2ccccc2O)cc1. The average molecular weight is 402 g/mol. The molecule has 1 aromatic heterocycles. The monoisotopic (exact) mass is 402 g/mol. The van der Waals surface area contributed by atoms with Gasteiger partial charge in [0.25, 0.3) is 11.7 Å². The molecule has 2 N–H and O–H groups in total. The molecule has 1 fully saturated rings. The number of aromatic hydroxyl groups is 1. The Bertz CT molecular complexity index is 1140. The number of hydrogen-bond donors (Lipinski definition) is 2. The largest absolute Gasteiger partial charge is 0.507 e. The second-order valence-corrected chi connectivity index (χ2v) is 6.67. The molecule has 0 radical (unpaired) electrons. The summed E-state index contributed by atoms with van der Waals surface area (Å²) >= 11 is 0. The summed E-state index contributed by atoms with van der Waals surface area (Å²) in [6, 6.07) is 15.2. The first-order chi connectivity index (χ1) is 14.5. The number of benzene rings is 2. The van der Waals surface area contributed by atoms with Gasteiger partial charge in [-0.1, -0.05) is 24.3 Å². The van der Waals surface area contributed by atoms with E-state index >= 15 is 0 Å². The van der Waals surface area contributed by atoms with Crippen LogP contribution in [0.3, 0.4) is 0 Å². The van der Waals surface area contributed by atoms with Crippen molar-refractivity contribution in [2.75, 3.05) is 12.0 Å². The third kappa shape index (κ3) is 3.16. The molecule has 2 heterocycles. The number of carbonyl (C=O) groups is 2. The number of amides is 1. The molecule has 1 atom stereocenters. The number of phenolic OH excluding ortho intramolecular Hbond substituents is 1. The smallest absolute Gasteiger partial charge is 0.300 e. The van der Waals surface area contributed by atoms with Crippen LogP contribution in [0.5, 0.6) is 11.5 Å². The van der Waals surface area contributed by atoms with Gasteiger partial charge in [0, 0.05) is 18.0 Å². The molecule has 0 saturated carbocycles. The first-order valence-corrected chi connectivity index (χ1v) is 9.16. The molecule has 7 nitrogen and oxygen atoms in total. The Kier molecular flexibility index (Phi) is 4.93. The number of rotatable bonds is 4. The molecule has 1 unspecified atom stereocenters. The predicted octanol–water partition coefficient (Wildman–Crippen LogP) is 3.42. The fourth-order valence-electron chi connectivity index (χ4n) is 3.52. The molecular formula is C23H18N2O5. The lowest BCUT2D eigenvalue weighted by molar-refractivity contribution is -0.132. The number of aromatic nitrogens is 1. The number of para-hydroxylation sites is 2. The standard InChI is InChI=1S/C23H18N2O5/c1-30-16-8-6-14(7-9-16)20-19(21(27)15-10-12-24-13-11-15)22(28)23(29)25(20)17-4-2-3-5-18(17)26/h2-13,20,26-27H,1H3/b21-19+. The number of phenols is 1. The fourth-order valence-corrected chi connectivity index (χ4v) is 3.52. The number of nitrogens with zero attached hydrogens (tertiary/aromatic N) is 2.